The summed E-state index contributed by atoms with van der Waals surface area (Å²) in [7, 11) is 1.56. The Morgan fingerprint density at radius 2 is 2.29 bits per heavy atom. The summed E-state index contributed by atoms with van der Waals surface area (Å²) < 4.78 is 11.2. The Kier molecular flexibility index (Phi) is 6.68. The van der Waals surface area contributed by atoms with Gasteiger partial charge in [0.05, 0.1) is 37.6 Å². The Bertz CT molecular complexity index is 835. The number of nitrogens with zero attached hydrogens (tertiary/aromatic N) is 3. The summed E-state index contributed by atoms with van der Waals surface area (Å²) >= 11 is 0. The van der Waals surface area contributed by atoms with Crippen LogP contribution in [0.5, 0.6) is 11.5 Å². The van der Waals surface area contributed by atoms with Crippen LogP contribution in [-0.4, -0.2) is 49.1 Å². The summed E-state index contributed by atoms with van der Waals surface area (Å²) in [6.45, 7) is 2.20. The lowest BCUT2D eigenvalue weighted by Gasteiger charge is -2.33. The smallest absolute Gasteiger partial charge is 0.241 e. The van der Waals surface area contributed by atoms with Crippen molar-refractivity contribution in [2.24, 2.45) is 5.92 Å². The van der Waals surface area contributed by atoms with Gasteiger partial charge < -0.3 is 19.7 Å². The molecule has 1 amide bonds. The molecule has 1 N–H and O–H groups in total. The molecule has 1 saturated heterocycles. The van der Waals surface area contributed by atoms with Crippen molar-refractivity contribution in [3.8, 4) is 17.6 Å². The number of hydrogen-bond acceptors (Lipinski definition) is 6. The number of amides is 1. The van der Waals surface area contributed by atoms with Crippen LogP contribution in [0.4, 0.5) is 5.69 Å². The van der Waals surface area contributed by atoms with Gasteiger partial charge in [0, 0.05) is 37.5 Å². The van der Waals surface area contributed by atoms with E-state index in [-0.39, 0.29) is 18.4 Å². The number of rotatable bonds is 7. The minimum absolute atomic E-state index is 0.0736. The molecule has 0 radical (unpaired) electrons. The van der Waals surface area contributed by atoms with Gasteiger partial charge in [-0.25, -0.2) is 0 Å². The van der Waals surface area contributed by atoms with Gasteiger partial charge in [-0.15, -0.1) is 0 Å². The van der Waals surface area contributed by atoms with E-state index in [1.54, 1.807) is 37.7 Å². The number of piperidine rings is 1. The second-order valence-corrected chi connectivity index (χ2v) is 6.73. The second kappa shape index (κ2) is 9.60. The van der Waals surface area contributed by atoms with Gasteiger partial charge >= 0.3 is 0 Å². The van der Waals surface area contributed by atoms with E-state index in [0.29, 0.717) is 30.2 Å². The van der Waals surface area contributed by atoms with Crippen LogP contribution in [0, 0.1) is 17.2 Å². The maximum Gasteiger partial charge on any atom is 0.241 e. The quantitative estimate of drug-likeness (QED) is 0.795. The fourth-order valence-electron chi connectivity index (χ4n) is 3.25. The normalized spacial score (nSPS) is 16.1. The first-order valence-electron chi connectivity index (χ1n) is 9.32. The number of ether oxygens (including phenoxy) is 2. The van der Waals surface area contributed by atoms with Crippen molar-refractivity contribution in [3.63, 3.8) is 0 Å². The van der Waals surface area contributed by atoms with Crippen molar-refractivity contribution >= 4 is 11.6 Å². The third-order valence-corrected chi connectivity index (χ3v) is 4.74. The second-order valence-electron chi connectivity index (χ2n) is 6.73. The Morgan fingerprint density at radius 3 is 3.04 bits per heavy atom. The highest BCUT2D eigenvalue weighted by Crippen LogP contribution is 2.29. The number of hydrogen-bond donors (Lipinski definition) is 1. The molecule has 1 aromatic heterocycles. The first-order valence-corrected chi connectivity index (χ1v) is 9.32. The van der Waals surface area contributed by atoms with Crippen molar-refractivity contribution in [2.75, 3.05) is 38.7 Å². The molecule has 1 aromatic carbocycles. The molecule has 7 heteroatoms. The summed E-state index contributed by atoms with van der Waals surface area (Å²) in [5.74, 6) is 1.49. The number of carbonyl (C=O) groups is 1. The predicted molar refractivity (Wildman–Crippen MR) is 105 cm³/mol. The molecule has 0 saturated carbocycles. The van der Waals surface area contributed by atoms with Gasteiger partial charge in [0.25, 0.3) is 0 Å². The van der Waals surface area contributed by atoms with Crippen LogP contribution in [-0.2, 0) is 4.79 Å². The molecule has 1 aliphatic rings. The Hall–Kier alpha value is -3.27. The van der Waals surface area contributed by atoms with E-state index in [1.165, 1.54) is 0 Å². The molecule has 0 spiro atoms. The monoisotopic (exact) mass is 380 g/mol. The first kappa shape index (κ1) is 19.5. The maximum absolute atomic E-state index is 12.5. The van der Waals surface area contributed by atoms with Gasteiger partial charge in [-0.3, -0.25) is 9.78 Å². The van der Waals surface area contributed by atoms with Gasteiger partial charge in [0.2, 0.25) is 5.91 Å². The van der Waals surface area contributed by atoms with Gasteiger partial charge in [-0.05, 0) is 37.1 Å². The van der Waals surface area contributed by atoms with E-state index in [0.717, 1.165) is 25.1 Å². The topological polar surface area (TPSA) is 87.5 Å². The molecule has 2 aromatic rings. The van der Waals surface area contributed by atoms with Gasteiger partial charge in [-0.2, -0.15) is 5.26 Å². The number of likely N-dealkylation sites (tertiary alicyclic amines) is 1. The number of benzene rings is 1. The molecule has 1 aliphatic heterocycles. The van der Waals surface area contributed by atoms with Gasteiger partial charge in [0.1, 0.15) is 0 Å². The minimum Gasteiger partial charge on any atom is -0.493 e. The SMILES string of the molecule is COc1cc(C#N)ccc1OCC1CCCN(C(=O)CNc2cccnc2)C1. The Labute approximate surface area is 164 Å². The summed E-state index contributed by atoms with van der Waals surface area (Å²) in [6, 6.07) is 10.9. The molecule has 3 rings (SSSR count). The molecule has 0 aliphatic carbocycles. The highest BCUT2D eigenvalue weighted by Gasteiger charge is 2.24. The summed E-state index contributed by atoms with van der Waals surface area (Å²) in [4.78, 5) is 18.4. The van der Waals surface area contributed by atoms with E-state index in [2.05, 4.69) is 16.4 Å². The predicted octanol–water partition coefficient (Wildman–Crippen LogP) is 2.69. The zero-order valence-electron chi connectivity index (χ0n) is 15.9. The van der Waals surface area contributed by atoms with Crippen LogP contribution in [0.2, 0.25) is 0 Å². The van der Waals surface area contributed by atoms with Gasteiger partial charge in [0.15, 0.2) is 11.5 Å². The van der Waals surface area contributed by atoms with Crippen LogP contribution in [0.25, 0.3) is 0 Å². The zero-order chi connectivity index (χ0) is 19.8. The largest absolute Gasteiger partial charge is 0.493 e. The van der Waals surface area contributed by atoms with E-state index < -0.39 is 0 Å². The van der Waals surface area contributed by atoms with E-state index in [9.17, 15) is 4.79 Å². The molecular weight excluding hydrogens is 356 g/mol. The molecule has 146 valence electrons. The number of nitrogens with one attached hydrogen (secondary N) is 1. The van der Waals surface area contributed by atoms with Crippen LogP contribution in [0.1, 0.15) is 18.4 Å². The lowest BCUT2D eigenvalue weighted by Crippen LogP contribution is -2.43. The van der Waals surface area contributed by atoms with Crippen LogP contribution in [0.15, 0.2) is 42.7 Å². The van der Waals surface area contributed by atoms with E-state index in [4.69, 9.17) is 14.7 Å². The summed E-state index contributed by atoms with van der Waals surface area (Å²) in [5, 5.41) is 12.1. The number of pyridine rings is 1. The summed E-state index contributed by atoms with van der Waals surface area (Å²) in [5.41, 5.74) is 1.36. The standard InChI is InChI=1S/C21H24N4O3/c1-27-20-10-16(11-22)6-7-19(20)28-15-17-4-3-9-25(14-17)21(26)13-24-18-5-2-8-23-12-18/h2,5-8,10,12,17,24H,3-4,9,13-15H2,1H3. The third-order valence-electron chi connectivity index (χ3n) is 4.74. The highest BCUT2D eigenvalue weighted by molar-refractivity contribution is 5.80. The lowest BCUT2D eigenvalue weighted by atomic mass is 9.99. The van der Waals surface area contributed by atoms with Crippen molar-refractivity contribution in [1.29, 1.82) is 5.26 Å². The summed E-state index contributed by atoms with van der Waals surface area (Å²) in [6.07, 6.45) is 5.37. The average Bonchev–Trinajstić information content (AvgIpc) is 2.76. The molecular formula is C21H24N4O3. The highest BCUT2D eigenvalue weighted by atomic mass is 16.5. The molecule has 7 nitrogen and oxygen atoms in total. The van der Waals surface area contributed by atoms with E-state index >= 15 is 0 Å². The third kappa shape index (κ3) is 5.13. The Morgan fingerprint density at radius 1 is 1.39 bits per heavy atom. The maximum atomic E-state index is 12.5. The number of anilines is 1. The number of carbonyl (C=O) groups excluding carboxylic acids is 1. The Balaban J connectivity index is 1.51. The molecule has 1 fully saturated rings. The molecule has 0 bridgehead atoms. The first-order chi connectivity index (χ1) is 13.7. The lowest BCUT2D eigenvalue weighted by molar-refractivity contribution is -0.131. The fraction of sp³-hybridized carbons (Fsp3) is 0.381. The molecule has 2 heterocycles. The van der Waals surface area contributed by atoms with Crippen LogP contribution in [0.3, 0.4) is 0 Å². The number of methoxy groups -OCH3 is 1. The molecule has 1 unspecified atom stereocenters. The van der Waals surface area contributed by atoms with Crippen molar-refractivity contribution in [2.45, 2.75) is 12.8 Å². The van der Waals surface area contributed by atoms with Crippen molar-refractivity contribution in [1.82, 2.24) is 9.88 Å². The van der Waals surface area contributed by atoms with E-state index in [1.807, 2.05) is 17.0 Å². The van der Waals surface area contributed by atoms with Gasteiger partial charge in [-0.1, -0.05) is 0 Å². The number of aromatic nitrogens is 1. The fourth-order valence-corrected chi connectivity index (χ4v) is 3.25. The van der Waals surface area contributed by atoms with Crippen LogP contribution < -0.4 is 14.8 Å². The molecule has 28 heavy (non-hydrogen) atoms. The minimum atomic E-state index is 0.0736. The average molecular weight is 380 g/mol. The van der Waals surface area contributed by atoms with Crippen molar-refractivity contribution in [3.05, 3.63) is 48.3 Å². The molecule has 1 atom stereocenters. The zero-order valence-corrected chi connectivity index (χ0v) is 15.9. The van der Waals surface area contributed by atoms with Crippen molar-refractivity contribution < 1.29 is 14.3 Å². The number of nitriles is 1. The van der Waals surface area contributed by atoms with Crippen LogP contribution >= 0.6 is 0 Å².